The predicted molar refractivity (Wildman–Crippen MR) is 203 cm³/mol. The Morgan fingerprint density at radius 3 is 2.62 bits per heavy atom. The van der Waals surface area contributed by atoms with Gasteiger partial charge in [-0.2, -0.15) is 0 Å². The maximum absolute atomic E-state index is 13.5. The van der Waals surface area contributed by atoms with Crippen molar-refractivity contribution >= 4 is 41.7 Å². The lowest BCUT2D eigenvalue weighted by Crippen LogP contribution is -2.43. The summed E-state index contributed by atoms with van der Waals surface area (Å²) in [5.74, 6) is 0.986. The van der Waals surface area contributed by atoms with Crippen LogP contribution in [0.15, 0.2) is 53.4 Å². The van der Waals surface area contributed by atoms with Crippen LogP contribution >= 0.6 is 23.5 Å². The number of fused-ring (bicyclic) bond motifs is 1. The normalized spacial score (nSPS) is 18.3. The number of benzene rings is 2. The van der Waals surface area contributed by atoms with Crippen LogP contribution in [0.5, 0.6) is 5.75 Å². The van der Waals surface area contributed by atoms with E-state index in [9.17, 15) is 9.59 Å². The van der Waals surface area contributed by atoms with Gasteiger partial charge in [-0.3, -0.25) is 9.52 Å². The smallest absolute Gasteiger partial charge is 0.410 e. The first-order valence-corrected chi connectivity index (χ1v) is 19.2. The quantitative estimate of drug-likeness (QED) is 0.105. The molecule has 9 nitrogen and oxygen atoms in total. The number of methoxy groups -OCH3 is 1. The van der Waals surface area contributed by atoms with Crippen LogP contribution in [0, 0.1) is 5.92 Å². The molecule has 276 valence electrons. The van der Waals surface area contributed by atoms with Crippen LogP contribution < -0.4 is 14.4 Å². The fourth-order valence-corrected chi connectivity index (χ4v) is 7.34. The second kappa shape index (κ2) is 19.6. The van der Waals surface area contributed by atoms with Gasteiger partial charge in [0.2, 0.25) is 6.41 Å². The molecule has 0 spiro atoms. The summed E-state index contributed by atoms with van der Waals surface area (Å²) in [5, 5.41) is 0.742. The van der Waals surface area contributed by atoms with Crippen LogP contribution in [0.1, 0.15) is 83.8 Å². The number of hydrogen-bond acceptors (Lipinski definition) is 8. The molecule has 1 fully saturated rings. The molecule has 3 atom stereocenters. The molecular formula is C39H56ClN3O6S. The lowest BCUT2D eigenvalue weighted by Gasteiger charge is -2.34. The Hall–Kier alpha value is -2.92. The molecule has 11 heteroatoms. The number of carbonyl (C=O) groups is 2. The molecule has 2 aliphatic rings. The van der Waals surface area contributed by atoms with E-state index in [1.54, 1.807) is 12.0 Å². The molecule has 0 saturated carbocycles. The molecule has 2 aromatic carbocycles. The summed E-state index contributed by atoms with van der Waals surface area (Å²) in [6.45, 7) is 14.1. The minimum Gasteiger partial charge on any atom is -0.491 e. The van der Waals surface area contributed by atoms with E-state index in [-0.39, 0.29) is 29.6 Å². The maximum Gasteiger partial charge on any atom is 0.410 e. The molecule has 1 N–H and O–H groups in total. The van der Waals surface area contributed by atoms with Crippen molar-refractivity contribution in [3.05, 3.63) is 64.7 Å². The third kappa shape index (κ3) is 11.8. The molecule has 0 aromatic heterocycles. The summed E-state index contributed by atoms with van der Waals surface area (Å²) >= 11 is 7.72. The van der Waals surface area contributed by atoms with Crippen molar-refractivity contribution in [3.63, 3.8) is 0 Å². The summed E-state index contributed by atoms with van der Waals surface area (Å²) in [6.07, 6.45) is 9.32. The Morgan fingerprint density at radius 2 is 1.94 bits per heavy atom. The number of likely N-dealkylation sites (tertiary alicyclic amines) is 1. The number of amides is 2. The van der Waals surface area contributed by atoms with Crippen LogP contribution in [0.3, 0.4) is 0 Å². The van der Waals surface area contributed by atoms with E-state index in [1.807, 2.05) is 51.1 Å². The van der Waals surface area contributed by atoms with Crippen molar-refractivity contribution in [2.24, 2.45) is 5.92 Å². The number of nitrogens with zero attached hydrogens (tertiary/aromatic N) is 2. The summed E-state index contributed by atoms with van der Waals surface area (Å²) in [6, 6.07) is 12.2. The molecule has 50 heavy (non-hydrogen) atoms. The summed E-state index contributed by atoms with van der Waals surface area (Å²) in [4.78, 5) is 29.7. The highest BCUT2D eigenvalue weighted by atomic mass is 35.5. The number of hydrogen-bond donors (Lipinski definition) is 1. The fraction of sp³-hybridized carbons (Fsp3) is 0.590. The van der Waals surface area contributed by atoms with E-state index >= 15 is 0 Å². The van der Waals surface area contributed by atoms with Gasteiger partial charge in [0.1, 0.15) is 11.9 Å². The first-order chi connectivity index (χ1) is 24.0. The van der Waals surface area contributed by atoms with E-state index in [4.69, 9.17) is 30.5 Å². The topological polar surface area (TPSA) is 89.6 Å². The van der Waals surface area contributed by atoms with Crippen LogP contribution in [-0.2, 0) is 25.4 Å². The van der Waals surface area contributed by atoms with Crippen molar-refractivity contribution in [2.45, 2.75) is 102 Å². The van der Waals surface area contributed by atoms with Crippen LogP contribution in [0.2, 0.25) is 5.02 Å². The number of piperidine rings is 1. The molecule has 2 amide bonds. The lowest BCUT2D eigenvalue weighted by molar-refractivity contribution is -0.107. The molecule has 2 aromatic rings. The first kappa shape index (κ1) is 39.9. The zero-order valence-corrected chi connectivity index (χ0v) is 32.2. The van der Waals surface area contributed by atoms with E-state index in [0.717, 1.165) is 73.0 Å². The molecule has 0 bridgehead atoms. The second-order valence-electron chi connectivity index (χ2n) is 14.1. The van der Waals surface area contributed by atoms with Crippen molar-refractivity contribution < 1.29 is 28.5 Å². The van der Waals surface area contributed by atoms with Gasteiger partial charge in [-0.25, -0.2) is 4.79 Å². The number of ether oxygens (including phenoxy) is 4. The zero-order chi connectivity index (χ0) is 36.1. The molecule has 2 heterocycles. The highest BCUT2D eigenvalue weighted by molar-refractivity contribution is 7.97. The van der Waals surface area contributed by atoms with Crippen molar-refractivity contribution in [2.75, 3.05) is 51.4 Å². The Bertz CT molecular complexity index is 1410. The molecular weight excluding hydrogens is 674 g/mol. The minimum atomic E-state index is -0.416. The van der Waals surface area contributed by atoms with E-state index in [2.05, 4.69) is 41.7 Å². The molecule has 2 aliphatic heterocycles. The van der Waals surface area contributed by atoms with Crippen molar-refractivity contribution in [1.82, 2.24) is 9.62 Å². The number of nitrogens with one attached hydrogen (secondary N) is 1. The Balaban J connectivity index is 1.59. The highest BCUT2D eigenvalue weighted by Crippen LogP contribution is 2.39. The van der Waals surface area contributed by atoms with Gasteiger partial charge < -0.3 is 28.7 Å². The van der Waals surface area contributed by atoms with Crippen molar-refractivity contribution in [1.29, 1.82) is 0 Å². The largest absolute Gasteiger partial charge is 0.491 e. The van der Waals surface area contributed by atoms with E-state index in [0.29, 0.717) is 32.7 Å². The number of carbonyl (C=O) groups excluding carboxylic acids is 2. The number of anilines is 1. The predicted octanol–water partition coefficient (Wildman–Crippen LogP) is 8.43. The van der Waals surface area contributed by atoms with Crippen LogP contribution in [0.25, 0.3) is 0 Å². The van der Waals surface area contributed by atoms with Gasteiger partial charge in [-0.15, -0.1) is 0 Å². The molecule has 0 radical (unpaired) electrons. The van der Waals surface area contributed by atoms with Crippen molar-refractivity contribution in [3.8, 4) is 5.75 Å². The average Bonchev–Trinajstić information content (AvgIpc) is 3.28. The van der Waals surface area contributed by atoms with Crippen LogP contribution in [-0.4, -0.2) is 81.7 Å². The fourth-order valence-electron chi connectivity index (χ4n) is 6.66. The van der Waals surface area contributed by atoms with Crippen LogP contribution in [0.4, 0.5) is 10.5 Å². The SMILES string of the molecule is CCCc1cc(Cl)ccc1C1COc2ccc(SNC=O)cc2N(CCC(CC)C(/C=C/COC(C)(C)C)OC(=O)N2CCC(OC)CC2)C1. The first-order valence-electron chi connectivity index (χ1n) is 18.0. The number of rotatable bonds is 16. The van der Waals surface area contributed by atoms with Gasteiger partial charge in [-0.05, 0) is 112 Å². The Labute approximate surface area is 308 Å². The monoisotopic (exact) mass is 729 g/mol. The third-order valence-corrected chi connectivity index (χ3v) is 10.3. The lowest BCUT2D eigenvalue weighted by atomic mass is 9.91. The minimum absolute atomic E-state index is 0.0629. The third-order valence-electron chi connectivity index (χ3n) is 9.41. The second-order valence-corrected chi connectivity index (χ2v) is 15.4. The van der Waals surface area contributed by atoms with Gasteiger partial charge in [0.25, 0.3) is 0 Å². The summed E-state index contributed by atoms with van der Waals surface area (Å²) < 4.78 is 27.0. The van der Waals surface area contributed by atoms with Gasteiger partial charge in [0.05, 0.1) is 30.6 Å². The molecule has 4 rings (SSSR count). The average molecular weight is 730 g/mol. The zero-order valence-electron chi connectivity index (χ0n) is 30.6. The molecule has 3 unspecified atom stereocenters. The Kier molecular flexibility index (Phi) is 15.6. The highest BCUT2D eigenvalue weighted by Gasteiger charge is 2.31. The van der Waals surface area contributed by atoms with Gasteiger partial charge in [-0.1, -0.05) is 44.0 Å². The van der Waals surface area contributed by atoms with Gasteiger partial charge in [0.15, 0.2) is 0 Å². The summed E-state index contributed by atoms with van der Waals surface area (Å²) in [7, 11) is 1.73. The van der Waals surface area contributed by atoms with E-state index < -0.39 is 6.10 Å². The molecule has 1 saturated heterocycles. The van der Waals surface area contributed by atoms with Gasteiger partial charge >= 0.3 is 6.09 Å². The van der Waals surface area contributed by atoms with Gasteiger partial charge in [0, 0.05) is 55.0 Å². The maximum atomic E-state index is 13.5. The Morgan fingerprint density at radius 1 is 1.16 bits per heavy atom. The standard InChI is InChI=1S/C39H56ClN3O6S/c1-7-10-29-23-31(40)12-14-34(29)30-25-43(35-24-33(50-41-27-44)13-15-37(35)47-26-30)19-16-28(8-2)36(11-9-22-48-39(3,4)5)49-38(45)42-20-17-32(46-6)18-21-42/h9,11-15,23-24,27-28,30,32,36H,7-8,10,16-22,25-26H2,1-6H3,(H,41,44)/b11-9+. The summed E-state index contributed by atoms with van der Waals surface area (Å²) in [5.41, 5.74) is 3.21. The molecule has 0 aliphatic carbocycles. The number of halogens is 1. The number of aryl methyl sites for hydroxylation is 1. The van der Waals surface area contributed by atoms with E-state index in [1.165, 1.54) is 23.1 Å².